The summed E-state index contributed by atoms with van der Waals surface area (Å²) in [5.74, 6) is 1.52. The fourth-order valence-electron chi connectivity index (χ4n) is 1.93. The smallest absolute Gasteiger partial charge is 0.125 e. The number of hydrogen-bond acceptors (Lipinski definition) is 3. The molecule has 0 spiro atoms. The Labute approximate surface area is 130 Å². The Kier molecular flexibility index (Phi) is 5.90. The molecule has 2 rings (SSSR count). The summed E-state index contributed by atoms with van der Waals surface area (Å²) >= 11 is 5.93. The maximum absolute atomic E-state index is 9.72. The van der Waals surface area contributed by atoms with Crippen molar-refractivity contribution in [1.82, 2.24) is 0 Å². The van der Waals surface area contributed by atoms with Crippen molar-refractivity contribution < 1.29 is 14.6 Å². The molecule has 0 aliphatic rings. The van der Waals surface area contributed by atoms with Crippen molar-refractivity contribution in [2.45, 2.75) is 19.4 Å². The first-order valence-electron chi connectivity index (χ1n) is 6.95. The molecule has 3 nitrogen and oxygen atoms in total. The SMILES string of the molecule is C[C@H](O)c1cc(Cl)ccc1OCCCOc1ccccc1. The van der Waals surface area contributed by atoms with E-state index in [9.17, 15) is 5.11 Å². The number of halogens is 1. The number of aliphatic hydroxyl groups excluding tert-OH is 1. The van der Waals surface area contributed by atoms with Gasteiger partial charge in [-0.15, -0.1) is 0 Å². The summed E-state index contributed by atoms with van der Waals surface area (Å²) in [6.45, 7) is 2.80. The zero-order valence-corrected chi connectivity index (χ0v) is 12.7. The molecule has 0 amide bonds. The molecule has 0 unspecified atom stereocenters. The zero-order valence-electron chi connectivity index (χ0n) is 12.0. The van der Waals surface area contributed by atoms with Crippen LogP contribution in [0.1, 0.15) is 25.0 Å². The molecule has 0 aromatic heterocycles. The molecule has 1 N–H and O–H groups in total. The third-order valence-electron chi connectivity index (χ3n) is 2.98. The molecule has 0 aliphatic carbocycles. The first-order valence-corrected chi connectivity index (χ1v) is 7.33. The van der Waals surface area contributed by atoms with Gasteiger partial charge in [-0.25, -0.2) is 0 Å². The number of aliphatic hydroxyl groups is 1. The Morgan fingerprint density at radius 1 is 1.05 bits per heavy atom. The third kappa shape index (κ3) is 4.96. The summed E-state index contributed by atoms with van der Waals surface area (Å²) < 4.78 is 11.3. The van der Waals surface area contributed by atoms with Crippen LogP contribution < -0.4 is 9.47 Å². The summed E-state index contributed by atoms with van der Waals surface area (Å²) in [5.41, 5.74) is 0.700. The van der Waals surface area contributed by atoms with E-state index in [-0.39, 0.29) is 0 Å². The largest absolute Gasteiger partial charge is 0.493 e. The first-order chi connectivity index (χ1) is 10.2. The van der Waals surface area contributed by atoms with E-state index >= 15 is 0 Å². The van der Waals surface area contributed by atoms with Crippen LogP contribution in [-0.4, -0.2) is 18.3 Å². The molecule has 0 heterocycles. The van der Waals surface area contributed by atoms with Gasteiger partial charge in [-0.3, -0.25) is 0 Å². The molecular weight excluding hydrogens is 288 g/mol. The highest BCUT2D eigenvalue weighted by atomic mass is 35.5. The van der Waals surface area contributed by atoms with Crippen LogP contribution in [0, 0.1) is 0 Å². The first kappa shape index (κ1) is 15.7. The van der Waals surface area contributed by atoms with Gasteiger partial charge in [-0.05, 0) is 37.3 Å². The highest BCUT2D eigenvalue weighted by Crippen LogP contribution is 2.28. The summed E-state index contributed by atoms with van der Waals surface area (Å²) in [6, 6.07) is 14.9. The molecular formula is C17H19ClO3. The molecule has 2 aromatic rings. The highest BCUT2D eigenvalue weighted by Gasteiger charge is 2.09. The van der Waals surface area contributed by atoms with Crippen LogP contribution in [0.15, 0.2) is 48.5 Å². The van der Waals surface area contributed by atoms with Crippen LogP contribution in [-0.2, 0) is 0 Å². The number of para-hydroxylation sites is 1. The molecule has 2 aromatic carbocycles. The predicted molar refractivity (Wildman–Crippen MR) is 84.1 cm³/mol. The molecule has 21 heavy (non-hydrogen) atoms. The minimum atomic E-state index is -0.612. The molecule has 0 saturated heterocycles. The van der Waals surface area contributed by atoms with Crippen molar-refractivity contribution in [2.24, 2.45) is 0 Å². The topological polar surface area (TPSA) is 38.7 Å². The van der Waals surface area contributed by atoms with Crippen molar-refractivity contribution in [1.29, 1.82) is 0 Å². The van der Waals surface area contributed by atoms with Crippen molar-refractivity contribution in [3.8, 4) is 11.5 Å². The standard InChI is InChI=1S/C17H19ClO3/c1-13(19)16-12-14(18)8-9-17(16)21-11-5-10-20-15-6-3-2-4-7-15/h2-4,6-9,12-13,19H,5,10-11H2,1H3/t13-/m0/s1. The Morgan fingerprint density at radius 3 is 2.48 bits per heavy atom. The molecule has 0 saturated carbocycles. The number of hydrogen-bond donors (Lipinski definition) is 1. The summed E-state index contributed by atoms with van der Waals surface area (Å²) in [5, 5.41) is 10.3. The van der Waals surface area contributed by atoms with Crippen LogP contribution in [0.25, 0.3) is 0 Å². The van der Waals surface area contributed by atoms with Gasteiger partial charge >= 0.3 is 0 Å². The molecule has 0 aliphatic heterocycles. The Bertz CT molecular complexity index is 555. The van der Waals surface area contributed by atoms with Crippen molar-refractivity contribution in [3.63, 3.8) is 0 Å². The van der Waals surface area contributed by atoms with Crippen LogP contribution >= 0.6 is 11.6 Å². The van der Waals surface area contributed by atoms with Crippen LogP contribution in [0.4, 0.5) is 0 Å². The van der Waals surface area contributed by atoms with Gasteiger partial charge in [0.2, 0.25) is 0 Å². The zero-order chi connectivity index (χ0) is 15.1. The Hall–Kier alpha value is -1.71. The summed E-state index contributed by atoms with van der Waals surface area (Å²) in [6.07, 6.45) is 0.149. The van der Waals surface area contributed by atoms with E-state index in [4.69, 9.17) is 21.1 Å². The van der Waals surface area contributed by atoms with Gasteiger partial charge in [-0.2, -0.15) is 0 Å². The van der Waals surface area contributed by atoms with Crippen LogP contribution in [0.2, 0.25) is 5.02 Å². The maximum atomic E-state index is 9.72. The second-order valence-corrected chi connectivity index (χ2v) is 5.16. The third-order valence-corrected chi connectivity index (χ3v) is 3.22. The molecule has 0 radical (unpaired) electrons. The highest BCUT2D eigenvalue weighted by molar-refractivity contribution is 6.30. The van der Waals surface area contributed by atoms with Gasteiger partial charge in [0.05, 0.1) is 19.3 Å². The van der Waals surface area contributed by atoms with Crippen molar-refractivity contribution in [2.75, 3.05) is 13.2 Å². The average molecular weight is 307 g/mol. The number of ether oxygens (including phenoxy) is 2. The van der Waals surface area contributed by atoms with E-state index in [1.807, 2.05) is 30.3 Å². The normalized spacial score (nSPS) is 12.0. The van der Waals surface area contributed by atoms with Gasteiger partial charge in [0, 0.05) is 17.0 Å². The summed E-state index contributed by atoms with van der Waals surface area (Å²) in [4.78, 5) is 0. The van der Waals surface area contributed by atoms with Gasteiger partial charge < -0.3 is 14.6 Å². The van der Waals surface area contributed by atoms with E-state index in [0.29, 0.717) is 29.5 Å². The van der Waals surface area contributed by atoms with Gasteiger partial charge in [0.15, 0.2) is 0 Å². The molecule has 1 atom stereocenters. The Balaban J connectivity index is 1.78. The maximum Gasteiger partial charge on any atom is 0.125 e. The lowest BCUT2D eigenvalue weighted by atomic mass is 10.1. The average Bonchev–Trinajstić information content (AvgIpc) is 2.49. The van der Waals surface area contributed by atoms with E-state index < -0.39 is 6.10 Å². The minimum Gasteiger partial charge on any atom is -0.493 e. The molecule has 0 bridgehead atoms. The quantitative estimate of drug-likeness (QED) is 0.778. The van der Waals surface area contributed by atoms with E-state index in [1.54, 1.807) is 25.1 Å². The van der Waals surface area contributed by atoms with E-state index in [2.05, 4.69) is 0 Å². The van der Waals surface area contributed by atoms with Gasteiger partial charge in [-0.1, -0.05) is 29.8 Å². The number of benzene rings is 2. The number of rotatable bonds is 7. The van der Waals surface area contributed by atoms with E-state index in [1.165, 1.54) is 0 Å². The van der Waals surface area contributed by atoms with E-state index in [0.717, 1.165) is 12.2 Å². The molecule has 4 heteroatoms. The fraction of sp³-hybridized carbons (Fsp3) is 0.294. The Morgan fingerprint density at radius 2 is 1.76 bits per heavy atom. The van der Waals surface area contributed by atoms with Crippen LogP contribution in [0.5, 0.6) is 11.5 Å². The van der Waals surface area contributed by atoms with Gasteiger partial charge in [0.1, 0.15) is 11.5 Å². The van der Waals surface area contributed by atoms with Crippen LogP contribution in [0.3, 0.4) is 0 Å². The molecule has 112 valence electrons. The second kappa shape index (κ2) is 7.91. The predicted octanol–water partition coefficient (Wildman–Crippen LogP) is 4.24. The lowest BCUT2D eigenvalue weighted by Gasteiger charge is -2.14. The fourth-order valence-corrected chi connectivity index (χ4v) is 2.11. The summed E-state index contributed by atoms with van der Waals surface area (Å²) in [7, 11) is 0. The lowest BCUT2D eigenvalue weighted by molar-refractivity contribution is 0.188. The van der Waals surface area contributed by atoms with Crippen molar-refractivity contribution in [3.05, 3.63) is 59.1 Å². The monoisotopic (exact) mass is 306 g/mol. The molecule has 0 fully saturated rings. The van der Waals surface area contributed by atoms with Crippen molar-refractivity contribution >= 4 is 11.6 Å². The second-order valence-electron chi connectivity index (χ2n) is 4.72. The lowest BCUT2D eigenvalue weighted by Crippen LogP contribution is -2.07. The minimum absolute atomic E-state index is 0.522. The van der Waals surface area contributed by atoms with Gasteiger partial charge in [0.25, 0.3) is 0 Å².